The Kier molecular flexibility index (Phi) is 6.82. The lowest BCUT2D eigenvalue weighted by Crippen LogP contribution is -2.24. The number of ether oxygens (including phenoxy) is 2. The fourth-order valence-electron chi connectivity index (χ4n) is 1.38. The molecule has 96 valence electrons. The monoisotopic (exact) mass is 463 g/mol. The van der Waals surface area contributed by atoms with Crippen molar-refractivity contribution >= 4 is 45.2 Å². The Balaban J connectivity index is 3.05. The standard InChI is InChI=1S/C11H15I2NO3/c1-7(14)11(15)9-4-8(16-5-12)2-3-10(9)17-6-13/h2-4,7,11,15H,5-6,14H2,1H3/t7-,11+/m1/s1. The van der Waals surface area contributed by atoms with Crippen LogP contribution in [0.25, 0.3) is 0 Å². The summed E-state index contributed by atoms with van der Waals surface area (Å²) >= 11 is 4.22. The summed E-state index contributed by atoms with van der Waals surface area (Å²) in [6, 6.07) is 5.02. The van der Waals surface area contributed by atoms with Crippen LogP contribution in [0.5, 0.6) is 11.5 Å². The Morgan fingerprint density at radius 1 is 1.29 bits per heavy atom. The van der Waals surface area contributed by atoms with Crippen molar-refractivity contribution in [2.24, 2.45) is 5.73 Å². The number of rotatable bonds is 6. The van der Waals surface area contributed by atoms with Gasteiger partial charge in [-0.25, -0.2) is 0 Å². The molecule has 2 atom stereocenters. The van der Waals surface area contributed by atoms with E-state index in [9.17, 15) is 5.11 Å². The molecule has 1 rings (SSSR count). The lowest BCUT2D eigenvalue weighted by molar-refractivity contribution is 0.149. The predicted octanol–water partition coefficient (Wildman–Crippen LogP) is 2.61. The van der Waals surface area contributed by atoms with Gasteiger partial charge in [-0.1, -0.05) is 0 Å². The molecule has 3 N–H and O–H groups in total. The van der Waals surface area contributed by atoms with Gasteiger partial charge in [0.25, 0.3) is 0 Å². The fourth-order valence-corrected chi connectivity index (χ4v) is 2.08. The molecule has 17 heavy (non-hydrogen) atoms. The molecule has 1 aromatic rings. The van der Waals surface area contributed by atoms with E-state index < -0.39 is 6.10 Å². The van der Waals surface area contributed by atoms with Crippen LogP contribution < -0.4 is 15.2 Å². The highest BCUT2D eigenvalue weighted by atomic mass is 127. The smallest absolute Gasteiger partial charge is 0.139 e. The number of halogens is 2. The summed E-state index contributed by atoms with van der Waals surface area (Å²) in [6.07, 6.45) is -0.759. The molecular formula is C11H15I2NO3. The number of aliphatic hydroxyl groups is 1. The molecule has 0 saturated heterocycles. The summed E-state index contributed by atoms with van der Waals surface area (Å²) in [5.74, 6) is 1.35. The topological polar surface area (TPSA) is 64.7 Å². The van der Waals surface area contributed by atoms with E-state index in [1.54, 1.807) is 19.1 Å². The van der Waals surface area contributed by atoms with E-state index in [0.29, 0.717) is 26.3 Å². The van der Waals surface area contributed by atoms with E-state index in [0.717, 1.165) is 0 Å². The first-order valence-corrected chi connectivity index (χ1v) is 8.10. The van der Waals surface area contributed by atoms with Crippen LogP contribution in [0.4, 0.5) is 0 Å². The summed E-state index contributed by atoms with van der Waals surface area (Å²) in [7, 11) is 0. The highest BCUT2D eigenvalue weighted by Gasteiger charge is 2.18. The van der Waals surface area contributed by atoms with E-state index >= 15 is 0 Å². The second-order valence-electron chi connectivity index (χ2n) is 3.51. The number of alkyl halides is 2. The van der Waals surface area contributed by atoms with E-state index in [1.807, 2.05) is 6.07 Å². The molecule has 0 aliphatic carbocycles. The molecule has 0 fully saturated rings. The van der Waals surface area contributed by atoms with Gasteiger partial charge in [0.1, 0.15) is 20.7 Å². The lowest BCUT2D eigenvalue weighted by atomic mass is 10.0. The first-order valence-electron chi connectivity index (χ1n) is 5.05. The van der Waals surface area contributed by atoms with Crippen LogP contribution in [0.2, 0.25) is 0 Å². The minimum absolute atomic E-state index is 0.360. The molecule has 0 aliphatic heterocycles. The lowest BCUT2D eigenvalue weighted by Gasteiger charge is -2.19. The zero-order valence-corrected chi connectivity index (χ0v) is 13.7. The average Bonchev–Trinajstić information content (AvgIpc) is 2.30. The van der Waals surface area contributed by atoms with Crippen LogP contribution in [-0.2, 0) is 0 Å². The van der Waals surface area contributed by atoms with Crippen molar-refractivity contribution in [2.75, 3.05) is 9.23 Å². The Morgan fingerprint density at radius 3 is 2.47 bits per heavy atom. The number of hydrogen-bond donors (Lipinski definition) is 2. The van der Waals surface area contributed by atoms with Crippen LogP contribution in [0.1, 0.15) is 18.6 Å². The molecule has 0 unspecified atom stereocenters. The summed E-state index contributed by atoms with van der Waals surface area (Å²) in [5, 5.41) is 10.0. The summed E-state index contributed by atoms with van der Waals surface area (Å²) in [6.45, 7) is 1.75. The number of benzene rings is 1. The van der Waals surface area contributed by atoms with Gasteiger partial charge >= 0.3 is 0 Å². The van der Waals surface area contributed by atoms with Gasteiger partial charge in [0, 0.05) is 11.6 Å². The maximum Gasteiger partial charge on any atom is 0.139 e. The van der Waals surface area contributed by atoms with E-state index in [4.69, 9.17) is 15.2 Å². The first kappa shape index (κ1) is 15.3. The molecule has 0 heterocycles. The third kappa shape index (κ3) is 4.42. The van der Waals surface area contributed by atoms with E-state index in [-0.39, 0.29) is 6.04 Å². The van der Waals surface area contributed by atoms with Gasteiger partial charge in [0.2, 0.25) is 0 Å². The zero-order valence-electron chi connectivity index (χ0n) is 9.40. The number of hydrogen-bond acceptors (Lipinski definition) is 4. The van der Waals surface area contributed by atoms with Crippen LogP contribution >= 0.6 is 45.2 Å². The van der Waals surface area contributed by atoms with E-state index in [2.05, 4.69) is 45.2 Å². The molecule has 1 aromatic carbocycles. The zero-order chi connectivity index (χ0) is 12.8. The molecular weight excluding hydrogens is 448 g/mol. The Labute approximate surface area is 128 Å². The first-order chi connectivity index (χ1) is 8.10. The van der Waals surface area contributed by atoms with Gasteiger partial charge in [-0.3, -0.25) is 0 Å². The molecule has 0 aliphatic rings. The van der Waals surface area contributed by atoms with Crippen molar-refractivity contribution in [1.82, 2.24) is 0 Å². The quantitative estimate of drug-likeness (QED) is 0.504. The van der Waals surface area contributed by atoms with Gasteiger partial charge in [0.15, 0.2) is 0 Å². The maximum absolute atomic E-state index is 10.0. The summed E-state index contributed by atoms with van der Waals surface area (Å²) < 4.78 is 11.9. The molecule has 0 amide bonds. The summed E-state index contributed by atoms with van der Waals surface area (Å²) in [5.41, 5.74) is 6.37. The Bertz CT molecular complexity index is 361. The van der Waals surface area contributed by atoms with Gasteiger partial charge < -0.3 is 20.3 Å². The van der Waals surface area contributed by atoms with Gasteiger partial charge in [-0.2, -0.15) is 0 Å². The van der Waals surface area contributed by atoms with Crippen molar-refractivity contribution in [3.63, 3.8) is 0 Å². The largest absolute Gasteiger partial charge is 0.483 e. The molecule has 0 aromatic heterocycles. The minimum Gasteiger partial charge on any atom is -0.483 e. The van der Waals surface area contributed by atoms with E-state index in [1.165, 1.54) is 0 Å². The third-order valence-corrected chi connectivity index (χ3v) is 2.85. The molecule has 4 nitrogen and oxygen atoms in total. The molecule has 0 radical (unpaired) electrons. The van der Waals surface area contributed by atoms with Crippen LogP contribution in [-0.4, -0.2) is 20.4 Å². The Hall–Kier alpha value is 0.200. The number of aliphatic hydroxyl groups excluding tert-OH is 1. The third-order valence-electron chi connectivity index (χ3n) is 2.23. The highest BCUT2D eigenvalue weighted by molar-refractivity contribution is 14.1. The van der Waals surface area contributed by atoms with Crippen LogP contribution in [0, 0.1) is 0 Å². The van der Waals surface area contributed by atoms with Crippen molar-refractivity contribution < 1.29 is 14.6 Å². The van der Waals surface area contributed by atoms with Crippen molar-refractivity contribution in [3.8, 4) is 11.5 Å². The second kappa shape index (κ2) is 7.59. The number of nitrogens with two attached hydrogens (primary N) is 1. The second-order valence-corrected chi connectivity index (χ2v) is 4.76. The maximum atomic E-state index is 10.0. The fraction of sp³-hybridized carbons (Fsp3) is 0.455. The molecule has 0 saturated carbocycles. The minimum atomic E-state index is -0.759. The normalized spacial score (nSPS) is 14.2. The van der Waals surface area contributed by atoms with Crippen molar-refractivity contribution in [1.29, 1.82) is 0 Å². The van der Waals surface area contributed by atoms with Crippen molar-refractivity contribution in [2.45, 2.75) is 19.1 Å². The van der Waals surface area contributed by atoms with Crippen molar-refractivity contribution in [3.05, 3.63) is 23.8 Å². The van der Waals surface area contributed by atoms with Crippen LogP contribution in [0.15, 0.2) is 18.2 Å². The SMILES string of the molecule is C[C@@H](N)[C@H](O)c1cc(OCI)ccc1OCI. The molecule has 0 bridgehead atoms. The van der Waals surface area contributed by atoms with Gasteiger partial charge in [-0.05, 0) is 70.3 Å². The average molecular weight is 463 g/mol. The highest BCUT2D eigenvalue weighted by Crippen LogP contribution is 2.31. The predicted molar refractivity (Wildman–Crippen MR) is 84.1 cm³/mol. The molecule has 0 spiro atoms. The van der Waals surface area contributed by atoms with Crippen LogP contribution in [0.3, 0.4) is 0 Å². The van der Waals surface area contributed by atoms with Gasteiger partial charge in [-0.15, -0.1) is 0 Å². The molecule has 6 heteroatoms. The summed E-state index contributed by atoms with van der Waals surface area (Å²) in [4.78, 5) is 0. The Morgan fingerprint density at radius 2 is 1.94 bits per heavy atom. The van der Waals surface area contributed by atoms with Gasteiger partial charge in [0.05, 0.1) is 6.10 Å².